The van der Waals surface area contributed by atoms with Crippen molar-refractivity contribution in [1.29, 1.82) is 0 Å². The standard InChI is InChI=1S/C14H17N5O/c1-10-8-16-5-4-12(10)17-6-7-18-14(20)11-2-3-13(15)19-9-11/h2-5,8-9H,6-7H2,1H3,(H2,15,19)(H,16,17)(H,18,20). The average Bonchev–Trinajstić information content (AvgIpc) is 2.46. The molecule has 6 heteroatoms. The molecule has 104 valence electrons. The maximum Gasteiger partial charge on any atom is 0.252 e. The Morgan fingerprint density at radius 3 is 2.80 bits per heavy atom. The SMILES string of the molecule is Cc1cnccc1NCCNC(=O)c1ccc(N)nc1. The number of hydrogen-bond donors (Lipinski definition) is 3. The fourth-order valence-corrected chi connectivity index (χ4v) is 1.69. The lowest BCUT2D eigenvalue weighted by molar-refractivity contribution is 0.0955. The van der Waals surface area contributed by atoms with E-state index in [1.54, 1.807) is 24.5 Å². The number of nitrogens with two attached hydrogens (primary N) is 1. The van der Waals surface area contributed by atoms with Crippen LogP contribution in [0.2, 0.25) is 0 Å². The quantitative estimate of drug-likeness (QED) is 0.711. The topological polar surface area (TPSA) is 92.9 Å². The minimum Gasteiger partial charge on any atom is -0.384 e. The maximum atomic E-state index is 11.8. The molecule has 6 nitrogen and oxygen atoms in total. The number of hydrogen-bond acceptors (Lipinski definition) is 5. The highest BCUT2D eigenvalue weighted by Gasteiger charge is 2.04. The molecule has 0 fully saturated rings. The van der Waals surface area contributed by atoms with Gasteiger partial charge in [-0.05, 0) is 30.7 Å². The van der Waals surface area contributed by atoms with Gasteiger partial charge in [-0.3, -0.25) is 9.78 Å². The van der Waals surface area contributed by atoms with E-state index in [-0.39, 0.29) is 5.91 Å². The van der Waals surface area contributed by atoms with Crippen molar-refractivity contribution in [1.82, 2.24) is 15.3 Å². The second kappa shape index (κ2) is 6.51. The van der Waals surface area contributed by atoms with Crippen molar-refractivity contribution in [2.24, 2.45) is 0 Å². The molecule has 4 N–H and O–H groups in total. The molecule has 0 bridgehead atoms. The summed E-state index contributed by atoms with van der Waals surface area (Å²) in [6.07, 6.45) is 4.99. The van der Waals surface area contributed by atoms with E-state index in [2.05, 4.69) is 20.6 Å². The van der Waals surface area contributed by atoms with Crippen LogP contribution in [0.3, 0.4) is 0 Å². The molecule has 0 spiro atoms. The average molecular weight is 271 g/mol. The van der Waals surface area contributed by atoms with E-state index in [1.807, 2.05) is 13.0 Å². The van der Waals surface area contributed by atoms with E-state index in [4.69, 9.17) is 5.73 Å². The van der Waals surface area contributed by atoms with Crippen LogP contribution in [-0.2, 0) is 0 Å². The normalized spacial score (nSPS) is 10.1. The van der Waals surface area contributed by atoms with Gasteiger partial charge in [-0.15, -0.1) is 0 Å². The number of carbonyl (C=O) groups is 1. The lowest BCUT2D eigenvalue weighted by atomic mass is 10.2. The zero-order valence-corrected chi connectivity index (χ0v) is 11.3. The van der Waals surface area contributed by atoms with Gasteiger partial charge in [0.15, 0.2) is 0 Å². The Labute approximate surface area is 117 Å². The molecule has 0 radical (unpaired) electrons. The van der Waals surface area contributed by atoms with Crippen molar-refractivity contribution >= 4 is 17.4 Å². The highest BCUT2D eigenvalue weighted by molar-refractivity contribution is 5.94. The third-order valence-corrected chi connectivity index (χ3v) is 2.79. The minimum atomic E-state index is -0.161. The van der Waals surface area contributed by atoms with E-state index >= 15 is 0 Å². The third-order valence-electron chi connectivity index (χ3n) is 2.79. The fraction of sp³-hybridized carbons (Fsp3) is 0.214. The van der Waals surface area contributed by atoms with Gasteiger partial charge < -0.3 is 16.4 Å². The van der Waals surface area contributed by atoms with Crippen molar-refractivity contribution in [3.8, 4) is 0 Å². The van der Waals surface area contributed by atoms with Gasteiger partial charge in [0, 0.05) is 37.4 Å². The van der Waals surface area contributed by atoms with Gasteiger partial charge >= 0.3 is 0 Å². The minimum absolute atomic E-state index is 0.161. The van der Waals surface area contributed by atoms with Gasteiger partial charge in [0.25, 0.3) is 5.91 Å². The van der Waals surface area contributed by atoms with Crippen LogP contribution in [0, 0.1) is 6.92 Å². The summed E-state index contributed by atoms with van der Waals surface area (Å²) in [4.78, 5) is 19.7. The molecular weight excluding hydrogens is 254 g/mol. The Hall–Kier alpha value is -2.63. The van der Waals surface area contributed by atoms with Gasteiger partial charge in [0.2, 0.25) is 0 Å². The molecule has 0 atom stereocenters. The molecule has 0 aromatic carbocycles. The zero-order valence-electron chi connectivity index (χ0n) is 11.3. The molecule has 0 aliphatic heterocycles. The summed E-state index contributed by atoms with van der Waals surface area (Å²) >= 11 is 0. The number of nitrogens with one attached hydrogen (secondary N) is 2. The van der Waals surface area contributed by atoms with E-state index in [0.29, 0.717) is 24.5 Å². The molecule has 20 heavy (non-hydrogen) atoms. The molecule has 2 heterocycles. The van der Waals surface area contributed by atoms with Crippen molar-refractivity contribution in [3.05, 3.63) is 47.9 Å². The Kier molecular flexibility index (Phi) is 4.49. The molecule has 2 rings (SSSR count). The largest absolute Gasteiger partial charge is 0.384 e. The summed E-state index contributed by atoms with van der Waals surface area (Å²) in [5.41, 5.74) is 8.06. The highest BCUT2D eigenvalue weighted by Crippen LogP contribution is 2.10. The van der Waals surface area contributed by atoms with Gasteiger partial charge in [-0.1, -0.05) is 0 Å². The first kappa shape index (κ1) is 13.8. The first-order valence-electron chi connectivity index (χ1n) is 6.31. The number of aryl methyl sites for hydroxylation is 1. The molecule has 2 aromatic heterocycles. The number of pyridine rings is 2. The number of aromatic nitrogens is 2. The van der Waals surface area contributed by atoms with Crippen LogP contribution >= 0.6 is 0 Å². The summed E-state index contributed by atoms with van der Waals surface area (Å²) in [5.74, 6) is 0.238. The Bertz CT molecular complexity index is 582. The smallest absolute Gasteiger partial charge is 0.252 e. The van der Waals surface area contributed by atoms with E-state index in [0.717, 1.165) is 11.3 Å². The first-order chi connectivity index (χ1) is 9.66. The molecule has 0 unspecified atom stereocenters. The first-order valence-corrected chi connectivity index (χ1v) is 6.31. The molecular formula is C14H17N5O. The summed E-state index contributed by atoms with van der Waals surface area (Å²) in [6.45, 7) is 3.14. The van der Waals surface area contributed by atoms with Crippen LogP contribution in [0.15, 0.2) is 36.8 Å². The van der Waals surface area contributed by atoms with Crippen molar-refractivity contribution in [3.63, 3.8) is 0 Å². The van der Waals surface area contributed by atoms with E-state index < -0.39 is 0 Å². The molecule has 0 aliphatic carbocycles. The third kappa shape index (κ3) is 3.68. The molecule has 0 saturated heterocycles. The van der Waals surface area contributed by atoms with Crippen molar-refractivity contribution in [2.45, 2.75) is 6.92 Å². The number of nitrogens with zero attached hydrogens (tertiary/aromatic N) is 2. The van der Waals surface area contributed by atoms with Crippen LogP contribution < -0.4 is 16.4 Å². The number of rotatable bonds is 5. The Balaban J connectivity index is 1.77. The van der Waals surface area contributed by atoms with Gasteiger partial charge in [-0.25, -0.2) is 4.98 Å². The molecule has 1 amide bonds. The van der Waals surface area contributed by atoms with Crippen LogP contribution in [0.5, 0.6) is 0 Å². The van der Waals surface area contributed by atoms with Crippen molar-refractivity contribution < 1.29 is 4.79 Å². The van der Waals surface area contributed by atoms with Crippen LogP contribution in [-0.4, -0.2) is 29.0 Å². The lowest BCUT2D eigenvalue weighted by Gasteiger charge is -2.09. The van der Waals surface area contributed by atoms with Gasteiger partial charge in [-0.2, -0.15) is 0 Å². The monoisotopic (exact) mass is 271 g/mol. The summed E-state index contributed by atoms with van der Waals surface area (Å²) in [6, 6.07) is 5.16. The van der Waals surface area contributed by atoms with Gasteiger partial charge in [0.05, 0.1) is 5.56 Å². The van der Waals surface area contributed by atoms with Crippen LogP contribution in [0.1, 0.15) is 15.9 Å². The second-order valence-corrected chi connectivity index (χ2v) is 4.35. The zero-order chi connectivity index (χ0) is 14.4. The summed E-state index contributed by atoms with van der Waals surface area (Å²) < 4.78 is 0. The molecule has 2 aromatic rings. The lowest BCUT2D eigenvalue weighted by Crippen LogP contribution is -2.29. The molecule has 0 saturated carbocycles. The Morgan fingerprint density at radius 2 is 2.10 bits per heavy atom. The van der Waals surface area contributed by atoms with E-state index in [9.17, 15) is 4.79 Å². The fourth-order valence-electron chi connectivity index (χ4n) is 1.69. The number of anilines is 2. The number of carbonyl (C=O) groups excluding carboxylic acids is 1. The molecule has 0 aliphatic rings. The van der Waals surface area contributed by atoms with Gasteiger partial charge in [0.1, 0.15) is 5.82 Å². The van der Waals surface area contributed by atoms with E-state index in [1.165, 1.54) is 6.20 Å². The van der Waals surface area contributed by atoms with Crippen LogP contribution in [0.4, 0.5) is 11.5 Å². The predicted octanol–water partition coefficient (Wildman–Crippen LogP) is 1.21. The summed E-state index contributed by atoms with van der Waals surface area (Å²) in [5, 5.41) is 6.05. The Morgan fingerprint density at radius 1 is 1.25 bits per heavy atom. The maximum absolute atomic E-state index is 11.8. The van der Waals surface area contributed by atoms with Crippen LogP contribution in [0.25, 0.3) is 0 Å². The van der Waals surface area contributed by atoms with Crippen molar-refractivity contribution in [2.75, 3.05) is 24.1 Å². The number of amides is 1. The highest BCUT2D eigenvalue weighted by atomic mass is 16.1. The summed E-state index contributed by atoms with van der Waals surface area (Å²) in [7, 11) is 0. The second-order valence-electron chi connectivity index (χ2n) is 4.35. The number of nitrogen functional groups attached to an aromatic ring is 1. The predicted molar refractivity (Wildman–Crippen MR) is 78.4 cm³/mol.